The molecular formula is C12H12ClNO. The van der Waals surface area contributed by atoms with Crippen LogP contribution in [0.15, 0.2) is 24.3 Å². The highest BCUT2D eigenvalue weighted by Crippen LogP contribution is 2.24. The molecule has 0 atom stereocenters. The fourth-order valence-corrected chi connectivity index (χ4v) is 1.47. The van der Waals surface area contributed by atoms with Gasteiger partial charge in [-0.15, -0.1) is 12.3 Å². The minimum absolute atomic E-state index is 0.0268. The van der Waals surface area contributed by atoms with Crippen LogP contribution in [0, 0.1) is 12.3 Å². The van der Waals surface area contributed by atoms with Gasteiger partial charge in [0.25, 0.3) is 0 Å². The van der Waals surface area contributed by atoms with Crippen molar-refractivity contribution in [3.8, 4) is 12.3 Å². The van der Waals surface area contributed by atoms with E-state index in [1.165, 1.54) is 4.90 Å². The smallest absolute Gasteiger partial charge is 0.227 e. The lowest BCUT2D eigenvalue weighted by molar-refractivity contribution is -0.118. The summed E-state index contributed by atoms with van der Waals surface area (Å²) in [6.07, 6.45) is 5.90. The van der Waals surface area contributed by atoms with E-state index in [9.17, 15) is 4.79 Å². The Hall–Kier alpha value is -1.46. The first-order valence-corrected chi connectivity index (χ1v) is 4.99. The first-order valence-electron chi connectivity index (χ1n) is 4.61. The van der Waals surface area contributed by atoms with Crippen molar-refractivity contribution >= 4 is 23.2 Å². The van der Waals surface area contributed by atoms with Crippen LogP contribution in [0.2, 0.25) is 5.02 Å². The molecule has 0 fully saturated rings. The van der Waals surface area contributed by atoms with Crippen LogP contribution in [-0.2, 0) is 4.79 Å². The number of amides is 1. The summed E-state index contributed by atoms with van der Waals surface area (Å²) in [5, 5.41) is 0.564. The molecule has 0 saturated heterocycles. The van der Waals surface area contributed by atoms with Crippen molar-refractivity contribution in [2.24, 2.45) is 0 Å². The molecule has 1 aromatic carbocycles. The van der Waals surface area contributed by atoms with Crippen LogP contribution in [0.5, 0.6) is 0 Å². The van der Waals surface area contributed by atoms with E-state index in [4.69, 9.17) is 18.0 Å². The van der Waals surface area contributed by atoms with Crippen molar-refractivity contribution in [2.75, 3.05) is 11.9 Å². The largest absolute Gasteiger partial charge is 0.314 e. The molecule has 0 spiro atoms. The second-order valence-electron chi connectivity index (χ2n) is 3.11. The number of halogens is 1. The lowest BCUT2D eigenvalue weighted by Crippen LogP contribution is -2.25. The number of rotatable bonds is 3. The van der Waals surface area contributed by atoms with Gasteiger partial charge in [-0.05, 0) is 12.1 Å². The molecule has 0 N–H and O–H groups in total. The number of hydrogen-bond donors (Lipinski definition) is 0. The Kier molecular flexibility index (Phi) is 4.20. The van der Waals surface area contributed by atoms with E-state index >= 15 is 0 Å². The third-order valence-corrected chi connectivity index (χ3v) is 2.39. The number of para-hydroxylation sites is 1. The maximum atomic E-state index is 11.6. The van der Waals surface area contributed by atoms with Crippen LogP contribution < -0.4 is 4.90 Å². The number of hydrogen-bond acceptors (Lipinski definition) is 1. The molecule has 0 bridgehead atoms. The van der Waals surface area contributed by atoms with Gasteiger partial charge in [0, 0.05) is 19.9 Å². The Balaban J connectivity index is 2.77. The van der Waals surface area contributed by atoms with E-state index in [1.807, 2.05) is 12.1 Å². The predicted molar refractivity (Wildman–Crippen MR) is 62.9 cm³/mol. The standard InChI is InChI=1S/C12H12ClNO/c1-3-4-9-12(15)14(2)11-8-6-5-7-10(11)13/h1,5-8H,4,9H2,2H3. The summed E-state index contributed by atoms with van der Waals surface area (Å²) in [4.78, 5) is 13.2. The maximum absolute atomic E-state index is 11.6. The van der Waals surface area contributed by atoms with Crippen LogP contribution in [0.4, 0.5) is 5.69 Å². The topological polar surface area (TPSA) is 20.3 Å². The van der Waals surface area contributed by atoms with Gasteiger partial charge >= 0.3 is 0 Å². The third kappa shape index (κ3) is 3.00. The van der Waals surface area contributed by atoms with E-state index in [0.717, 1.165) is 0 Å². The molecule has 0 aliphatic rings. The minimum Gasteiger partial charge on any atom is -0.314 e. The first-order chi connectivity index (χ1) is 7.16. The molecule has 1 aromatic rings. The molecule has 0 saturated carbocycles. The van der Waals surface area contributed by atoms with Gasteiger partial charge in [-0.3, -0.25) is 4.79 Å². The fraction of sp³-hybridized carbons (Fsp3) is 0.250. The number of nitrogens with zero attached hydrogens (tertiary/aromatic N) is 1. The van der Waals surface area contributed by atoms with Crippen LogP contribution in [0.25, 0.3) is 0 Å². The third-order valence-electron chi connectivity index (χ3n) is 2.07. The van der Waals surface area contributed by atoms with Gasteiger partial charge in [-0.1, -0.05) is 23.7 Å². The van der Waals surface area contributed by atoms with Gasteiger partial charge < -0.3 is 4.90 Å². The fourth-order valence-electron chi connectivity index (χ4n) is 1.20. The molecule has 0 radical (unpaired) electrons. The molecule has 1 amide bonds. The minimum atomic E-state index is -0.0268. The molecule has 15 heavy (non-hydrogen) atoms. The van der Waals surface area contributed by atoms with Gasteiger partial charge in [-0.25, -0.2) is 0 Å². The molecule has 0 unspecified atom stereocenters. The van der Waals surface area contributed by atoms with Crippen molar-refractivity contribution in [3.63, 3.8) is 0 Å². The van der Waals surface area contributed by atoms with Crippen molar-refractivity contribution in [1.82, 2.24) is 0 Å². The van der Waals surface area contributed by atoms with E-state index in [2.05, 4.69) is 5.92 Å². The van der Waals surface area contributed by atoms with E-state index in [0.29, 0.717) is 23.6 Å². The van der Waals surface area contributed by atoms with Crippen LogP contribution >= 0.6 is 11.6 Å². The Morgan fingerprint density at radius 1 is 1.53 bits per heavy atom. The SMILES string of the molecule is C#CCCC(=O)N(C)c1ccccc1Cl. The van der Waals surface area contributed by atoms with E-state index in [1.54, 1.807) is 19.2 Å². The summed E-state index contributed by atoms with van der Waals surface area (Å²) >= 11 is 5.96. The normalized spacial score (nSPS) is 9.40. The van der Waals surface area contributed by atoms with Crippen LogP contribution in [-0.4, -0.2) is 13.0 Å². The number of benzene rings is 1. The Labute approximate surface area is 94.8 Å². The summed E-state index contributed by atoms with van der Waals surface area (Å²) in [7, 11) is 1.69. The number of anilines is 1. The molecule has 0 aliphatic carbocycles. The zero-order valence-electron chi connectivity index (χ0n) is 8.53. The van der Waals surface area contributed by atoms with Crippen molar-refractivity contribution < 1.29 is 4.79 Å². The van der Waals surface area contributed by atoms with Gasteiger partial charge in [0.2, 0.25) is 5.91 Å². The molecule has 0 heterocycles. The molecule has 1 rings (SSSR count). The monoisotopic (exact) mass is 221 g/mol. The van der Waals surface area contributed by atoms with E-state index < -0.39 is 0 Å². The lowest BCUT2D eigenvalue weighted by Gasteiger charge is -2.17. The molecule has 3 heteroatoms. The Morgan fingerprint density at radius 2 is 2.20 bits per heavy atom. The zero-order valence-corrected chi connectivity index (χ0v) is 9.29. The molecule has 0 aromatic heterocycles. The van der Waals surface area contributed by atoms with Crippen molar-refractivity contribution in [2.45, 2.75) is 12.8 Å². The summed E-state index contributed by atoms with van der Waals surface area (Å²) in [6, 6.07) is 7.22. The summed E-state index contributed by atoms with van der Waals surface area (Å²) in [6.45, 7) is 0. The van der Waals surface area contributed by atoms with Gasteiger partial charge in [-0.2, -0.15) is 0 Å². The molecule has 0 aliphatic heterocycles. The molecular weight excluding hydrogens is 210 g/mol. The predicted octanol–water partition coefficient (Wildman–Crippen LogP) is 2.72. The Bertz CT molecular complexity index is 395. The van der Waals surface area contributed by atoms with E-state index in [-0.39, 0.29) is 5.91 Å². The zero-order chi connectivity index (χ0) is 11.3. The highest BCUT2D eigenvalue weighted by molar-refractivity contribution is 6.33. The van der Waals surface area contributed by atoms with Gasteiger partial charge in [0.15, 0.2) is 0 Å². The second-order valence-corrected chi connectivity index (χ2v) is 3.52. The van der Waals surface area contributed by atoms with Gasteiger partial charge in [0.1, 0.15) is 0 Å². The summed E-state index contributed by atoms with van der Waals surface area (Å²) in [5.74, 6) is 2.41. The summed E-state index contributed by atoms with van der Waals surface area (Å²) < 4.78 is 0. The quantitative estimate of drug-likeness (QED) is 0.719. The highest BCUT2D eigenvalue weighted by atomic mass is 35.5. The van der Waals surface area contributed by atoms with Crippen molar-refractivity contribution in [3.05, 3.63) is 29.3 Å². The second kappa shape index (κ2) is 5.43. The maximum Gasteiger partial charge on any atom is 0.227 e. The van der Waals surface area contributed by atoms with Crippen LogP contribution in [0.1, 0.15) is 12.8 Å². The molecule has 2 nitrogen and oxygen atoms in total. The number of terminal acetylenes is 1. The number of carbonyl (C=O) groups is 1. The lowest BCUT2D eigenvalue weighted by atomic mass is 10.2. The van der Waals surface area contributed by atoms with Gasteiger partial charge in [0.05, 0.1) is 10.7 Å². The summed E-state index contributed by atoms with van der Waals surface area (Å²) in [5.41, 5.74) is 0.709. The Morgan fingerprint density at radius 3 is 2.80 bits per heavy atom. The highest BCUT2D eigenvalue weighted by Gasteiger charge is 2.12. The van der Waals surface area contributed by atoms with Crippen molar-refractivity contribution in [1.29, 1.82) is 0 Å². The van der Waals surface area contributed by atoms with Crippen LogP contribution in [0.3, 0.4) is 0 Å². The number of carbonyl (C=O) groups excluding carboxylic acids is 1. The average Bonchev–Trinajstić information content (AvgIpc) is 2.25. The average molecular weight is 222 g/mol. The first kappa shape index (κ1) is 11.6. The molecule has 78 valence electrons.